The number of carbonyl (C=O) groups is 1. The second-order valence-electron chi connectivity index (χ2n) is 7.63. The summed E-state index contributed by atoms with van der Waals surface area (Å²) in [5.41, 5.74) is 8.19. The molecule has 0 unspecified atom stereocenters. The number of aryl methyl sites for hydroxylation is 1. The van der Waals surface area contributed by atoms with Gasteiger partial charge in [0.25, 0.3) is 0 Å². The average Bonchev–Trinajstić information content (AvgIpc) is 3.13. The van der Waals surface area contributed by atoms with E-state index in [0.29, 0.717) is 18.4 Å². The standard InChI is InChI=1S/C21H29N5O/c1-15-4-6-17(7-5-15)12-16(2)21(27)26-11-9-18(13-26)25(3)14-20-23-10-8-19(22)24-20/h4-8,10,16,18H,9,11-14H2,1-3H3,(H2,22,23,24)/t16-,18+/m0/s1. The molecule has 0 bridgehead atoms. The molecular formula is C21H29N5O. The van der Waals surface area contributed by atoms with Crippen LogP contribution in [0.4, 0.5) is 5.82 Å². The molecule has 2 atom stereocenters. The maximum atomic E-state index is 12.9. The lowest BCUT2D eigenvalue weighted by molar-refractivity contribution is -0.134. The summed E-state index contributed by atoms with van der Waals surface area (Å²) in [6, 6.07) is 10.5. The number of likely N-dealkylation sites (tertiary alicyclic amines) is 1. The number of amides is 1. The van der Waals surface area contributed by atoms with E-state index in [9.17, 15) is 4.79 Å². The smallest absolute Gasteiger partial charge is 0.225 e. The lowest BCUT2D eigenvalue weighted by Crippen LogP contribution is -2.38. The molecule has 3 rings (SSSR count). The molecule has 144 valence electrons. The summed E-state index contributed by atoms with van der Waals surface area (Å²) in [7, 11) is 2.06. The molecule has 2 N–H and O–H groups in total. The number of nitrogen functional groups attached to an aromatic ring is 1. The zero-order chi connectivity index (χ0) is 19.4. The van der Waals surface area contributed by atoms with Crippen LogP contribution in [0.3, 0.4) is 0 Å². The zero-order valence-corrected chi connectivity index (χ0v) is 16.4. The van der Waals surface area contributed by atoms with E-state index in [-0.39, 0.29) is 11.8 Å². The normalized spacial score (nSPS) is 18.1. The van der Waals surface area contributed by atoms with Crippen LogP contribution in [0.15, 0.2) is 36.5 Å². The number of likely N-dealkylation sites (N-methyl/N-ethyl adjacent to an activating group) is 1. The third kappa shape index (κ3) is 5.04. The van der Waals surface area contributed by atoms with Crippen LogP contribution in [0, 0.1) is 12.8 Å². The van der Waals surface area contributed by atoms with Gasteiger partial charge in [0.05, 0.1) is 6.54 Å². The second-order valence-corrected chi connectivity index (χ2v) is 7.63. The molecular weight excluding hydrogens is 338 g/mol. The third-order valence-corrected chi connectivity index (χ3v) is 5.30. The van der Waals surface area contributed by atoms with Gasteiger partial charge in [-0.25, -0.2) is 9.97 Å². The highest BCUT2D eigenvalue weighted by Crippen LogP contribution is 2.20. The highest BCUT2D eigenvalue weighted by atomic mass is 16.2. The first kappa shape index (κ1) is 19.3. The van der Waals surface area contributed by atoms with Crippen molar-refractivity contribution in [2.75, 3.05) is 25.9 Å². The van der Waals surface area contributed by atoms with Gasteiger partial charge in [0.2, 0.25) is 5.91 Å². The minimum absolute atomic E-state index is 0.00554. The second kappa shape index (κ2) is 8.48. The Bertz CT molecular complexity index is 776. The fourth-order valence-corrected chi connectivity index (χ4v) is 3.62. The van der Waals surface area contributed by atoms with Crippen molar-refractivity contribution in [3.8, 4) is 0 Å². The Morgan fingerprint density at radius 3 is 2.78 bits per heavy atom. The van der Waals surface area contributed by atoms with Crippen molar-refractivity contribution in [3.63, 3.8) is 0 Å². The van der Waals surface area contributed by atoms with E-state index < -0.39 is 0 Å². The topological polar surface area (TPSA) is 75.4 Å². The highest BCUT2D eigenvalue weighted by Gasteiger charge is 2.31. The van der Waals surface area contributed by atoms with Crippen LogP contribution in [-0.2, 0) is 17.8 Å². The van der Waals surface area contributed by atoms with Gasteiger partial charge < -0.3 is 10.6 Å². The number of carbonyl (C=O) groups excluding carboxylic acids is 1. The molecule has 1 aliphatic rings. The van der Waals surface area contributed by atoms with Crippen molar-refractivity contribution in [3.05, 3.63) is 53.5 Å². The molecule has 2 heterocycles. The summed E-state index contributed by atoms with van der Waals surface area (Å²) in [4.78, 5) is 25.6. The van der Waals surface area contributed by atoms with E-state index in [1.54, 1.807) is 12.3 Å². The molecule has 2 aromatic rings. The van der Waals surface area contributed by atoms with Crippen molar-refractivity contribution in [1.29, 1.82) is 0 Å². The van der Waals surface area contributed by atoms with Crippen molar-refractivity contribution in [2.24, 2.45) is 5.92 Å². The lowest BCUT2D eigenvalue weighted by atomic mass is 9.99. The predicted molar refractivity (Wildman–Crippen MR) is 107 cm³/mol. The Kier molecular flexibility index (Phi) is 6.06. The molecule has 27 heavy (non-hydrogen) atoms. The van der Waals surface area contributed by atoms with Crippen LogP contribution < -0.4 is 5.73 Å². The van der Waals surface area contributed by atoms with Gasteiger partial charge in [-0.2, -0.15) is 0 Å². The summed E-state index contributed by atoms with van der Waals surface area (Å²) in [6.45, 7) is 6.31. The SMILES string of the molecule is Cc1ccc(C[C@H](C)C(=O)N2CC[C@@H](N(C)Cc3nccc(N)n3)C2)cc1. The van der Waals surface area contributed by atoms with Gasteiger partial charge in [-0.15, -0.1) is 0 Å². The van der Waals surface area contributed by atoms with Gasteiger partial charge in [0.1, 0.15) is 11.6 Å². The first-order chi connectivity index (χ1) is 12.9. The number of benzene rings is 1. The van der Waals surface area contributed by atoms with E-state index >= 15 is 0 Å². The van der Waals surface area contributed by atoms with Gasteiger partial charge in [-0.05, 0) is 38.4 Å². The van der Waals surface area contributed by atoms with Crippen LogP contribution in [-0.4, -0.2) is 51.9 Å². The largest absolute Gasteiger partial charge is 0.384 e. The van der Waals surface area contributed by atoms with Gasteiger partial charge in [-0.3, -0.25) is 9.69 Å². The van der Waals surface area contributed by atoms with Crippen LogP contribution in [0.25, 0.3) is 0 Å². The first-order valence-electron chi connectivity index (χ1n) is 9.54. The summed E-state index contributed by atoms with van der Waals surface area (Å²) in [5.74, 6) is 1.44. The van der Waals surface area contributed by atoms with Crippen molar-refractivity contribution in [1.82, 2.24) is 19.8 Å². The van der Waals surface area contributed by atoms with Crippen LogP contribution >= 0.6 is 0 Å². The number of anilines is 1. The number of aromatic nitrogens is 2. The van der Waals surface area contributed by atoms with E-state index in [1.807, 2.05) is 11.8 Å². The Morgan fingerprint density at radius 2 is 2.07 bits per heavy atom. The van der Waals surface area contributed by atoms with Gasteiger partial charge in [0.15, 0.2) is 0 Å². The van der Waals surface area contributed by atoms with E-state index in [0.717, 1.165) is 31.8 Å². The summed E-state index contributed by atoms with van der Waals surface area (Å²) >= 11 is 0. The molecule has 0 radical (unpaired) electrons. The Hall–Kier alpha value is -2.47. The molecule has 6 heteroatoms. The fourth-order valence-electron chi connectivity index (χ4n) is 3.62. The van der Waals surface area contributed by atoms with Crippen molar-refractivity contribution < 1.29 is 4.79 Å². The van der Waals surface area contributed by atoms with E-state index in [1.165, 1.54) is 11.1 Å². The van der Waals surface area contributed by atoms with Gasteiger partial charge in [-0.1, -0.05) is 36.8 Å². The molecule has 1 saturated heterocycles. The van der Waals surface area contributed by atoms with Gasteiger partial charge in [0, 0.05) is 31.2 Å². The van der Waals surface area contributed by atoms with Crippen LogP contribution in [0.1, 0.15) is 30.3 Å². The minimum atomic E-state index is -0.00554. The number of hydrogen-bond acceptors (Lipinski definition) is 5. The maximum Gasteiger partial charge on any atom is 0.225 e. The Morgan fingerprint density at radius 1 is 1.33 bits per heavy atom. The number of rotatable bonds is 6. The Labute approximate surface area is 161 Å². The zero-order valence-electron chi connectivity index (χ0n) is 16.4. The summed E-state index contributed by atoms with van der Waals surface area (Å²) < 4.78 is 0. The highest BCUT2D eigenvalue weighted by molar-refractivity contribution is 5.79. The molecule has 1 aromatic carbocycles. The number of nitrogens with two attached hydrogens (primary N) is 1. The fraction of sp³-hybridized carbons (Fsp3) is 0.476. The molecule has 0 spiro atoms. The number of nitrogens with zero attached hydrogens (tertiary/aromatic N) is 4. The molecule has 0 saturated carbocycles. The van der Waals surface area contributed by atoms with Crippen LogP contribution in [0.5, 0.6) is 0 Å². The minimum Gasteiger partial charge on any atom is -0.384 e. The molecule has 1 amide bonds. The molecule has 1 aromatic heterocycles. The van der Waals surface area contributed by atoms with Crippen molar-refractivity contribution in [2.45, 2.75) is 39.3 Å². The average molecular weight is 367 g/mol. The number of hydrogen-bond donors (Lipinski definition) is 1. The van der Waals surface area contributed by atoms with Crippen LogP contribution in [0.2, 0.25) is 0 Å². The van der Waals surface area contributed by atoms with E-state index in [2.05, 4.69) is 53.1 Å². The van der Waals surface area contributed by atoms with Gasteiger partial charge >= 0.3 is 0 Å². The lowest BCUT2D eigenvalue weighted by Gasteiger charge is -2.25. The summed E-state index contributed by atoms with van der Waals surface area (Å²) in [6.07, 6.45) is 3.44. The monoisotopic (exact) mass is 367 g/mol. The maximum absolute atomic E-state index is 12.9. The molecule has 0 aliphatic carbocycles. The third-order valence-electron chi connectivity index (χ3n) is 5.30. The summed E-state index contributed by atoms with van der Waals surface area (Å²) in [5, 5.41) is 0. The predicted octanol–water partition coefficient (Wildman–Crippen LogP) is 2.28. The molecule has 1 aliphatic heterocycles. The Balaban J connectivity index is 1.53. The first-order valence-corrected chi connectivity index (χ1v) is 9.54. The molecule has 1 fully saturated rings. The van der Waals surface area contributed by atoms with E-state index in [4.69, 9.17) is 5.73 Å². The molecule has 6 nitrogen and oxygen atoms in total. The quantitative estimate of drug-likeness (QED) is 0.848. The van der Waals surface area contributed by atoms with Crippen molar-refractivity contribution >= 4 is 11.7 Å².